The van der Waals surface area contributed by atoms with Gasteiger partial charge >= 0.3 is 12.1 Å². The topological polar surface area (TPSA) is 116 Å². The van der Waals surface area contributed by atoms with Crippen LogP contribution in [0.3, 0.4) is 0 Å². The fourth-order valence-electron chi connectivity index (χ4n) is 3.05. The molecule has 3 N–H and O–H groups in total. The minimum atomic E-state index is -4.63. The second-order valence-corrected chi connectivity index (χ2v) is 7.97. The zero-order chi connectivity index (χ0) is 22.4. The van der Waals surface area contributed by atoms with Crippen LogP contribution in [0.2, 0.25) is 0 Å². The van der Waals surface area contributed by atoms with Gasteiger partial charge in [-0.2, -0.15) is 18.3 Å². The number of halogens is 3. The van der Waals surface area contributed by atoms with Crippen LogP contribution in [0.15, 0.2) is 6.07 Å². The number of alkyl halides is 3. The number of rotatable bonds is 6. The van der Waals surface area contributed by atoms with Crippen molar-refractivity contribution in [3.63, 3.8) is 0 Å². The van der Waals surface area contributed by atoms with Crippen LogP contribution in [0.5, 0.6) is 0 Å². The molecule has 1 atom stereocenters. The van der Waals surface area contributed by atoms with E-state index in [1.807, 2.05) is 0 Å². The van der Waals surface area contributed by atoms with Gasteiger partial charge in [-0.15, -0.1) is 11.3 Å². The average Bonchev–Trinajstić information content (AvgIpc) is 3.31. The third kappa shape index (κ3) is 4.04. The highest BCUT2D eigenvalue weighted by molar-refractivity contribution is 7.18. The van der Waals surface area contributed by atoms with Crippen molar-refractivity contribution >= 4 is 34.1 Å². The molecule has 1 unspecified atom stereocenters. The molecule has 0 spiro atoms. The molecule has 0 radical (unpaired) electrons. The van der Waals surface area contributed by atoms with Crippen molar-refractivity contribution in [2.45, 2.75) is 44.8 Å². The van der Waals surface area contributed by atoms with Crippen LogP contribution < -0.4 is 11.1 Å². The van der Waals surface area contributed by atoms with Gasteiger partial charge in [-0.05, 0) is 38.3 Å². The van der Waals surface area contributed by atoms with E-state index in [1.54, 1.807) is 0 Å². The van der Waals surface area contributed by atoms with Crippen molar-refractivity contribution < 1.29 is 32.3 Å². The number of ether oxygens (including phenoxy) is 1. The first kappa shape index (κ1) is 21.8. The maximum absolute atomic E-state index is 13.1. The largest absolute Gasteiger partial charge is 0.465 e. The molecule has 8 nitrogen and oxygen atoms in total. The van der Waals surface area contributed by atoms with E-state index in [0.717, 1.165) is 42.0 Å². The molecule has 2 heterocycles. The van der Waals surface area contributed by atoms with E-state index in [9.17, 15) is 27.6 Å². The number of aromatic nitrogens is 2. The third-order valence-electron chi connectivity index (χ3n) is 4.79. The first-order valence-corrected chi connectivity index (χ1v) is 9.76. The zero-order valence-corrected chi connectivity index (χ0v) is 17.1. The van der Waals surface area contributed by atoms with Crippen LogP contribution in [0.1, 0.15) is 68.7 Å². The Balaban J connectivity index is 1.94. The number of carbonyl (C=O) groups is 3. The van der Waals surface area contributed by atoms with Crippen molar-refractivity contribution in [3.8, 4) is 0 Å². The molecule has 162 valence electrons. The molecule has 3 rings (SSSR count). The molecule has 12 heteroatoms. The quantitative estimate of drug-likeness (QED) is 0.664. The van der Waals surface area contributed by atoms with Gasteiger partial charge in [-0.1, -0.05) is 0 Å². The molecule has 1 saturated carbocycles. The number of hydrogen-bond donors (Lipinski definition) is 2. The smallest absolute Gasteiger partial charge is 0.435 e. The Bertz CT molecular complexity index is 1020. The lowest BCUT2D eigenvalue weighted by atomic mass is 10.1. The van der Waals surface area contributed by atoms with E-state index in [-0.39, 0.29) is 26.9 Å². The minimum Gasteiger partial charge on any atom is -0.465 e. The Hall–Kier alpha value is -2.89. The molecule has 0 saturated heterocycles. The van der Waals surface area contributed by atoms with Crippen molar-refractivity contribution in [2.75, 3.05) is 12.4 Å². The summed E-state index contributed by atoms with van der Waals surface area (Å²) in [5.74, 6) is -2.35. The first-order valence-electron chi connectivity index (χ1n) is 8.94. The molecule has 30 heavy (non-hydrogen) atoms. The second kappa shape index (κ2) is 7.74. The Morgan fingerprint density at radius 2 is 2.00 bits per heavy atom. The van der Waals surface area contributed by atoms with Gasteiger partial charge in [0.1, 0.15) is 11.0 Å². The van der Waals surface area contributed by atoms with E-state index < -0.39 is 35.7 Å². The lowest BCUT2D eigenvalue weighted by molar-refractivity contribution is -0.141. The molecule has 2 aromatic rings. The van der Waals surface area contributed by atoms with Gasteiger partial charge in [0.05, 0.1) is 17.6 Å². The van der Waals surface area contributed by atoms with E-state index in [1.165, 1.54) is 13.8 Å². The minimum absolute atomic E-state index is 0.0289. The number of primary amides is 1. The summed E-state index contributed by atoms with van der Waals surface area (Å²) in [4.78, 5) is 36.6. The molecule has 0 aromatic carbocycles. The average molecular weight is 444 g/mol. The molecule has 1 fully saturated rings. The molecular formula is C18H19F3N4O4S. The van der Waals surface area contributed by atoms with E-state index >= 15 is 0 Å². The van der Waals surface area contributed by atoms with E-state index in [2.05, 4.69) is 10.4 Å². The Labute approximate surface area is 173 Å². The number of methoxy groups -OCH3 is 1. The summed E-state index contributed by atoms with van der Waals surface area (Å²) in [5, 5.41) is 6.13. The van der Waals surface area contributed by atoms with Gasteiger partial charge in [-0.25, -0.2) is 4.79 Å². The van der Waals surface area contributed by atoms with E-state index in [4.69, 9.17) is 10.5 Å². The van der Waals surface area contributed by atoms with Gasteiger partial charge in [0.2, 0.25) is 5.91 Å². The third-order valence-corrected chi connectivity index (χ3v) is 6.02. The number of anilines is 1. The fourth-order valence-corrected chi connectivity index (χ4v) is 4.10. The predicted octanol–water partition coefficient (Wildman–Crippen LogP) is 3.23. The molecule has 2 aromatic heterocycles. The van der Waals surface area contributed by atoms with Crippen molar-refractivity contribution in [1.29, 1.82) is 0 Å². The molecule has 2 amide bonds. The molecule has 1 aliphatic rings. The van der Waals surface area contributed by atoms with Gasteiger partial charge in [-0.3, -0.25) is 14.3 Å². The van der Waals surface area contributed by atoms with Gasteiger partial charge < -0.3 is 15.8 Å². The molecule has 0 aliphatic heterocycles. The number of nitrogens with two attached hydrogens (primary N) is 1. The summed E-state index contributed by atoms with van der Waals surface area (Å²) in [6, 6.07) is -0.136. The second-order valence-electron chi connectivity index (χ2n) is 6.95. The normalized spacial score (nSPS) is 15.0. The van der Waals surface area contributed by atoms with E-state index in [0.29, 0.717) is 5.69 Å². The Kier molecular flexibility index (Phi) is 5.63. The molecule has 0 bridgehead atoms. The van der Waals surface area contributed by atoms with Crippen LogP contribution in [-0.4, -0.2) is 34.7 Å². The number of esters is 1. The fraction of sp³-hybridized carbons (Fsp3) is 0.444. The Morgan fingerprint density at radius 1 is 1.37 bits per heavy atom. The van der Waals surface area contributed by atoms with Gasteiger partial charge in [0, 0.05) is 11.6 Å². The van der Waals surface area contributed by atoms with Crippen LogP contribution in [0.25, 0.3) is 0 Å². The van der Waals surface area contributed by atoms with Crippen LogP contribution in [0.4, 0.5) is 18.2 Å². The summed E-state index contributed by atoms with van der Waals surface area (Å²) in [6.07, 6.45) is -3.20. The maximum atomic E-state index is 13.1. The SMILES string of the molecule is COC(=O)c1c(NC(=O)C(C)n2nc(C(F)(F)F)cc2C2CC2)sc(C(N)=O)c1C. The Morgan fingerprint density at radius 3 is 2.50 bits per heavy atom. The predicted molar refractivity (Wildman–Crippen MR) is 101 cm³/mol. The van der Waals surface area contributed by atoms with Crippen LogP contribution in [0, 0.1) is 6.92 Å². The summed E-state index contributed by atoms with van der Waals surface area (Å²) in [7, 11) is 1.14. The number of nitrogens with one attached hydrogen (secondary N) is 1. The number of thiophene rings is 1. The highest BCUT2D eigenvalue weighted by Crippen LogP contribution is 2.43. The number of carbonyl (C=O) groups excluding carboxylic acids is 3. The monoisotopic (exact) mass is 444 g/mol. The lowest BCUT2D eigenvalue weighted by Gasteiger charge is -2.15. The maximum Gasteiger partial charge on any atom is 0.435 e. The molecule has 1 aliphatic carbocycles. The summed E-state index contributed by atoms with van der Waals surface area (Å²) < 4.78 is 45.1. The number of hydrogen-bond acceptors (Lipinski definition) is 6. The number of amides is 2. The first-order chi connectivity index (χ1) is 14.0. The van der Waals surface area contributed by atoms with Crippen molar-refractivity contribution in [2.24, 2.45) is 5.73 Å². The standard InChI is InChI=1S/C18H19F3N4O4S/c1-7-12(17(28)29-3)16(30-13(7)14(22)26)23-15(27)8(2)25-10(9-4-5-9)6-11(24-25)18(19,20)21/h6,8-9H,4-5H2,1-3H3,(H2,22,26)(H,23,27). The van der Waals surface area contributed by atoms with Crippen LogP contribution in [-0.2, 0) is 15.7 Å². The number of nitrogens with zero attached hydrogens (tertiary/aromatic N) is 2. The van der Waals surface area contributed by atoms with Gasteiger partial charge in [0.25, 0.3) is 5.91 Å². The van der Waals surface area contributed by atoms with Gasteiger partial charge in [0.15, 0.2) is 5.69 Å². The molecular weight excluding hydrogens is 425 g/mol. The van der Waals surface area contributed by atoms with Crippen LogP contribution >= 0.6 is 11.3 Å². The summed E-state index contributed by atoms with van der Waals surface area (Å²) in [6.45, 7) is 2.89. The highest BCUT2D eigenvalue weighted by atomic mass is 32.1. The highest BCUT2D eigenvalue weighted by Gasteiger charge is 2.39. The zero-order valence-electron chi connectivity index (χ0n) is 16.3. The lowest BCUT2D eigenvalue weighted by Crippen LogP contribution is -2.26. The summed E-state index contributed by atoms with van der Waals surface area (Å²) in [5.41, 5.74) is 4.79. The van der Waals surface area contributed by atoms with Crippen molar-refractivity contribution in [3.05, 3.63) is 33.5 Å². The summed E-state index contributed by atoms with van der Waals surface area (Å²) >= 11 is 0.794. The van der Waals surface area contributed by atoms with Crippen molar-refractivity contribution in [1.82, 2.24) is 9.78 Å².